The Kier molecular flexibility index (Phi) is 4.74. The van der Waals surface area contributed by atoms with Crippen molar-refractivity contribution in [2.75, 3.05) is 33.7 Å². The average Bonchev–Trinajstić information content (AvgIpc) is 2.21. The number of carbonyl (C=O) groups excluding carboxylic acids is 1. The third kappa shape index (κ3) is 3.28. The largest absolute Gasteiger partial charge is 0.303 e. The fourth-order valence-corrected chi connectivity index (χ4v) is 2.22. The molecule has 3 heteroatoms. The van der Waals surface area contributed by atoms with Crippen LogP contribution in [0.4, 0.5) is 0 Å². The number of piperazine rings is 1. The Bertz CT molecular complexity index is 218. The highest BCUT2D eigenvalue weighted by Gasteiger charge is 2.30. The van der Waals surface area contributed by atoms with E-state index in [1.165, 1.54) is 0 Å². The zero-order valence-corrected chi connectivity index (χ0v) is 10.5. The van der Waals surface area contributed by atoms with E-state index in [-0.39, 0.29) is 12.0 Å². The number of likely N-dealkylation sites (N-methyl/N-ethyl adjacent to an activating group) is 2. The molecule has 0 bridgehead atoms. The van der Waals surface area contributed by atoms with E-state index < -0.39 is 0 Å². The number of hydrogen-bond donors (Lipinski definition) is 0. The van der Waals surface area contributed by atoms with Crippen molar-refractivity contribution in [2.24, 2.45) is 5.92 Å². The first-order chi connectivity index (χ1) is 7.06. The smallest absolute Gasteiger partial charge is 0.154 e. The van der Waals surface area contributed by atoms with Crippen LogP contribution in [0.2, 0.25) is 0 Å². The molecule has 0 saturated carbocycles. The minimum absolute atomic E-state index is 0.116. The molecule has 0 aromatic carbocycles. The van der Waals surface area contributed by atoms with E-state index in [2.05, 4.69) is 37.7 Å². The first-order valence-electron chi connectivity index (χ1n) is 5.98. The van der Waals surface area contributed by atoms with Crippen molar-refractivity contribution in [2.45, 2.75) is 32.7 Å². The van der Waals surface area contributed by atoms with Crippen molar-refractivity contribution < 1.29 is 4.79 Å². The lowest BCUT2D eigenvalue weighted by Gasteiger charge is -2.37. The average molecular weight is 212 g/mol. The molecule has 15 heavy (non-hydrogen) atoms. The molecule has 1 heterocycles. The maximum Gasteiger partial charge on any atom is 0.154 e. The second kappa shape index (κ2) is 5.61. The molecular weight excluding hydrogens is 188 g/mol. The zero-order chi connectivity index (χ0) is 11.4. The van der Waals surface area contributed by atoms with Gasteiger partial charge in [-0.2, -0.15) is 0 Å². The highest BCUT2D eigenvalue weighted by molar-refractivity contribution is 5.86. The lowest BCUT2D eigenvalue weighted by Crippen LogP contribution is -2.54. The van der Waals surface area contributed by atoms with Crippen LogP contribution in [0, 0.1) is 5.92 Å². The molecule has 1 aliphatic rings. The maximum atomic E-state index is 12.2. The predicted molar refractivity (Wildman–Crippen MR) is 63.0 cm³/mol. The first-order valence-corrected chi connectivity index (χ1v) is 5.98. The molecule has 3 nitrogen and oxygen atoms in total. The maximum absolute atomic E-state index is 12.2. The molecule has 1 rings (SSSR count). The Labute approximate surface area is 93.4 Å². The fourth-order valence-electron chi connectivity index (χ4n) is 2.22. The van der Waals surface area contributed by atoms with Gasteiger partial charge in [0.15, 0.2) is 5.78 Å². The molecule has 0 aliphatic carbocycles. The fraction of sp³-hybridized carbons (Fsp3) is 0.917. The lowest BCUT2D eigenvalue weighted by atomic mass is 9.93. The van der Waals surface area contributed by atoms with Crippen molar-refractivity contribution in [3.8, 4) is 0 Å². The van der Waals surface area contributed by atoms with Crippen molar-refractivity contribution in [3.05, 3.63) is 0 Å². The van der Waals surface area contributed by atoms with Crippen molar-refractivity contribution in [1.29, 1.82) is 0 Å². The van der Waals surface area contributed by atoms with E-state index >= 15 is 0 Å². The minimum atomic E-state index is 0.116. The summed E-state index contributed by atoms with van der Waals surface area (Å²) in [6.07, 6.45) is 2.12. The molecule has 2 atom stereocenters. The van der Waals surface area contributed by atoms with Crippen LogP contribution in [-0.2, 0) is 4.79 Å². The van der Waals surface area contributed by atoms with Gasteiger partial charge in [-0.3, -0.25) is 9.69 Å². The normalized spacial score (nSPS) is 26.5. The minimum Gasteiger partial charge on any atom is -0.303 e. The summed E-state index contributed by atoms with van der Waals surface area (Å²) in [7, 11) is 4.16. The molecular formula is C12H24N2O. The second-order valence-corrected chi connectivity index (χ2v) is 4.85. The van der Waals surface area contributed by atoms with Gasteiger partial charge in [-0.25, -0.2) is 0 Å². The lowest BCUT2D eigenvalue weighted by molar-refractivity contribution is -0.129. The van der Waals surface area contributed by atoms with Gasteiger partial charge < -0.3 is 4.90 Å². The summed E-state index contributed by atoms with van der Waals surface area (Å²) in [5.74, 6) is 0.639. The zero-order valence-electron chi connectivity index (χ0n) is 10.5. The third-order valence-corrected chi connectivity index (χ3v) is 3.39. The van der Waals surface area contributed by atoms with Crippen LogP contribution in [0.5, 0.6) is 0 Å². The van der Waals surface area contributed by atoms with Crippen molar-refractivity contribution >= 4 is 5.78 Å². The number of nitrogens with zero attached hydrogens (tertiary/aromatic N) is 2. The molecule has 1 aliphatic heterocycles. The summed E-state index contributed by atoms with van der Waals surface area (Å²) in [4.78, 5) is 16.6. The van der Waals surface area contributed by atoms with Gasteiger partial charge in [-0.05, 0) is 20.5 Å². The molecule has 0 radical (unpaired) electrons. The predicted octanol–water partition coefficient (Wildman–Crippen LogP) is 1.24. The van der Waals surface area contributed by atoms with Gasteiger partial charge in [-0.15, -0.1) is 0 Å². The van der Waals surface area contributed by atoms with Gasteiger partial charge >= 0.3 is 0 Å². The van der Waals surface area contributed by atoms with Gasteiger partial charge in [0.25, 0.3) is 0 Å². The summed E-state index contributed by atoms with van der Waals surface area (Å²) in [6, 6.07) is 0.116. The Balaban J connectivity index is 2.56. The van der Waals surface area contributed by atoms with E-state index in [4.69, 9.17) is 0 Å². The highest BCUT2D eigenvalue weighted by Crippen LogP contribution is 2.15. The van der Waals surface area contributed by atoms with E-state index in [1.807, 2.05) is 0 Å². The van der Waals surface area contributed by atoms with Gasteiger partial charge in [0, 0.05) is 25.6 Å². The Hall–Kier alpha value is -0.410. The summed E-state index contributed by atoms with van der Waals surface area (Å²) in [6.45, 7) is 7.17. The summed E-state index contributed by atoms with van der Waals surface area (Å²) in [5.41, 5.74) is 0. The number of rotatable bonds is 4. The van der Waals surface area contributed by atoms with Crippen molar-refractivity contribution in [3.63, 3.8) is 0 Å². The second-order valence-electron chi connectivity index (χ2n) is 4.85. The molecule has 0 N–H and O–H groups in total. The topological polar surface area (TPSA) is 23.6 Å². The monoisotopic (exact) mass is 212 g/mol. The summed E-state index contributed by atoms with van der Waals surface area (Å²) >= 11 is 0. The van der Waals surface area contributed by atoms with Crippen molar-refractivity contribution in [1.82, 2.24) is 9.80 Å². The van der Waals surface area contributed by atoms with Gasteiger partial charge in [0.05, 0.1) is 6.04 Å². The highest BCUT2D eigenvalue weighted by atomic mass is 16.1. The Morgan fingerprint density at radius 1 is 1.40 bits per heavy atom. The van der Waals surface area contributed by atoms with E-state index in [9.17, 15) is 4.79 Å². The number of ketones is 1. The van der Waals surface area contributed by atoms with Crippen LogP contribution in [0.25, 0.3) is 0 Å². The number of carbonyl (C=O) groups is 1. The summed E-state index contributed by atoms with van der Waals surface area (Å²) in [5, 5.41) is 0. The SMILES string of the molecule is CCCC(C)C(=O)C1CN(C)CCN1C. The van der Waals surface area contributed by atoms with Crippen LogP contribution in [0.1, 0.15) is 26.7 Å². The third-order valence-electron chi connectivity index (χ3n) is 3.39. The van der Waals surface area contributed by atoms with E-state index in [0.29, 0.717) is 5.78 Å². The Morgan fingerprint density at radius 2 is 2.07 bits per heavy atom. The van der Waals surface area contributed by atoms with Gasteiger partial charge in [0.2, 0.25) is 0 Å². The standard InChI is InChI=1S/C12H24N2O/c1-5-6-10(2)12(15)11-9-13(3)7-8-14(11)4/h10-11H,5-9H2,1-4H3. The molecule has 0 spiro atoms. The van der Waals surface area contributed by atoms with Gasteiger partial charge in [-0.1, -0.05) is 20.3 Å². The van der Waals surface area contributed by atoms with Crippen LogP contribution < -0.4 is 0 Å². The van der Waals surface area contributed by atoms with Crippen LogP contribution in [0.15, 0.2) is 0 Å². The number of Topliss-reactive ketones (excluding diaryl/α,β-unsaturated/α-hetero) is 1. The van der Waals surface area contributed by atoms with E-state index in [0.717, 1.165) is 32.5 Å². The quantitative estimate of drug-likeness (QED) is 0.700. The van der Waals surface area contributed by atoms with Crippen LogP contribution in [0.3, 0.4) is 0 Å². The summed E-state index contributed by atoms with van der Waals surface area (Å²) < 4.78 is 0. The van der Waals surface area contributed by atoms with Crippen LogP contribution in [-0.4, -0.2) is 55.4 Å². The number of hydrogen-bond acceptors (Lipinski definition) is 3. The molecule has 0 aromatic heterocycles. The molecule has 0 amide bonds. The molecule has 1 saturated heterocycles. The van der Waals surface area contributed by atoms with Gasteiger partial charge in [0.1, 0.15) is 0 Å². The van der Waals surface area contributed by atoms with Crippen LogP contribution >= 0.6 is 0 Å². The molecule has 1 fully saturated rings. The first kappa shape index (κ1) is 12.7. The Morgan fingerprint density at radius 3 is 2.67 bits per heavy atom. The molecule has 88 valence electrons. The van der Waals surface area contributed by atoms with E-state index in [1.54, 1.807) is 0 Å². The molecule has 2 unspecified atom stereocenters. The molecule has 0 aromatic rings.